The van der Waals surface area contributed by atoms with Crippen molar-refractivity contribution in [1.82, 2.24) is 4.57 Å². The van der Waals surface area contributed by atoms with E-state index in [4.69, 9.17) is 0 Å². The molecule has 0 saturated heterocycles. The van der Waals surface area contributed by atoms with Crippen LogP contribution in [0.5, 0.6) is 0 Å². The van der Waals surface area contributed by atoms with E-state index in [1.807, 2.05) is 60.7 Å². The Morgan fingerprint density at radius 2 is 1.48 bits per heavy atom. The Balaban J connectivity index is 2.23. The predicted octanol–water partition coefficient (Wildman–Crippen LogP) is 4.32. The molecule has 3 nitrogen and oxygen atoms in total. The van der Waals surface area contributed by atoms with Crippen molar-refractivity contribution in [2.24, 2.45) is 12.0 Å². The van der Waals surface area contributed by atoms with Crippen molar-refractivity contribution in [2.75, 3.05) is 0 Å². The molecule has 0 saturated carbocycles. The lowest BCUT2D eigenvalue weighted by Crippen LogP contribution is -2.16. The molecule has 0 bridgehead atoms. The summed E-state index contributed by atoms with van der Waals surface area (Å²) >= 11 is 3.42. The number of halogens is 1. The average molecular weight is 367 g/mol. The second-order valence-electron chi connectivity index (χ2n) is 5.15. The molecule has 2 aromatic carbocycles. The minimum Gasteiger partial charge on any atom is -0.316 e. The summed E-state index contributed by atoms with van der Waals surface area (Å²) in [7, 11) is 1.72. The van der Waals surface area contributed by atoms with E-state index >= 15 is 0 Å². The first-order valence-electron chi connectivity index (χ1n) is 7.21. The molecule has 3 aromatic rings. The Labute approximate surface area is 143 Å². The highest BCUT2D eigenvalue weighted by atomic mass is 79.9. The van der Waals surface area contributed by atoms with Gasteiger partial charge in [-0.2, -0.15) is 0 Å². The van der Waals surface area contributed by atoms with E-state index in [0.29, 0.717) is 5.69 Å². The van der Waals surface area contributed by atoms with Crippen molar-refractivity contribution in [3.63, 3.8) is 0 Å². The summed E-state index contributed by atoms with van der Waals surface area (Å²) in [6.45, 7) is 0. The molecule has 0 radical (unpaired) electrons. The third-order valence-corrected chi connectivity index (χ3v) is 3.89. The first kappa shape index (κ1) is 15.4. The van der Waals surface area contributed by atoms with Crippen LogP contribution in [0.2, 0.25) is 0 Å². The molecule has 0 spiro atoms. The van der Waals surface area contributed by atoms with Gasteiger partial charge in [0.1, 0.15) is 5.69 Å². The molecule has 23 heavy (non-hydrogen) atoms. The van der Waals surface area contributed by atoms with E-state index in [9.17, 15) is 4.79 Å². The molecule has 0 aliphatic rings. The molecule has 3 rings (SSSR count). The minimum atomic E-state index is -0.127. The highest BCUT2D eigenvalue weighted by molar-refractivity contribution is 9.10. The van der Waals surface area contributed by atoms with Gasteiger partial charge in [0.25, 0.3) is 5.56 Å². The molecular formula is C19H15BrN2O. The Morgan fingerprint density at radius 1 is 0.957 bits per heavy atom. The van der Waals surface area contributed by atoms with Gasteiger partial charge in [-0.1, -0.05) is 60.7 Å². The Kier molecular flexibility index (Phi) is 4.53. The largest absolute Gasteiger partial charge is 0.316 e. The van der Waals surface area contributed by atoms with Crippen LogP contribution < -0.4 is 5.56 Å². The van der Waals surface area contributed by atoms with Gasteiger partial charge in [0.2, 0.25) is 0 Å². The van der Waals surface area contributed by atoms with Crippen LogP contribution in [-0.2, 0) is 7.05 Å². The molecule has 0 aliphatic carbocycles. The summed E-state index contributed by atoms with van der Waals surface area (Å²) in [6.07, 6.45) is 1.73. The smallest absolute Gasteiger partial charge is 0.276 e. The third-order valence-electron chi connectivity index (χ3n) is 3.46. The fraction of sp³-hybridized carbons (Fsp3) is 0.0526. The lowest BCUT2D eigenvalue weighted by atomic mass is 10.0. The summed E-state index contributed by atoms with van der Waals surface area (Å²) < 4.78 is 2.34. The molecule has 0 amide bonds. The van der Waals surface area contributed by atoms with Crippen LogP contribution in [0.1, 0.15) is 11.1 Å². The summed E-state index contributed by atoms with van der Waals surface area (Å²) in [4.78, 5) is 17.0. The van der Waals surface area contributed by atoms with E-state index in [1.54, 1.807) is 19.3 Å². The fourth-order valence-electron chi connectivity index (χ4n) is 2.34. The van der Waals surface area contributed by atoms with Gasteiger partial charge < -0.3 is 4.57 Å². The zero-order valence-electron chi connectivity index (χ0n) is 12.6. The van der Waals surface area contributed by atoms with Crippen molar-refractivity contribution in [3.8, 4) is 0 Å². The van der Waals surface area contributed by atoms with E-state index < -0.39 is 0 Å². The standard InChI is InChI=1S/C19H15BrN2O/c1-22-13-16(20)12-17(19(22)23)21-18(14-8-4-2-5-9-14)15-10-6-3-7-11-15/h2-13H,1H3. The van der Waals surface area contributed by atoms with E-state index in [2.05, 4.69) is 20.9 Å². The number of pyridine rings is 1. The van der Waals surface area contributed by atoms with Gasteiger partial charge in [-0.15, -0.1) is 0 Å². The average Bonchev–Trinajstić information content (AvgIpc) is 2.58. The number of aryl methyl sites for hydroxylation is 1. The maximum atomic E-state index is 12.4. The van der Waals surface area contributed by atoms with Crippen LogP contribution in [0.15, 0.2) is 87.2 Å². The van der Waals surface area contributed by atoms with Crippen molar-refractivity contribution in [3.05, 3.63) is 98.9 Å². The van der Waals surface area contributed by atoms with Crippen LogP contribution in [0.25, 0.3) is 0 Å². The van der Waals surface area contributed by atoms with E-state index in [1.165, 1.54) is 4.57 Å². The molecule has 0 unspecified atom stereocenters. The van der Waals surface area contributed by atoms with Crippen molar-refractivity contribution >= 4 is 27.3 Å². The van der Waals surface area contributed by atoms with Gasteiger partial charge in [-0.05, 0) is 22.0 Å². The van der Waals surface area contributed by atoms with Crippen LogP contribution in [0, 0.1) is 0 Å². The summed E-state index contributed by atoms with van der Waals surface area (Å²) in [5.41, 5.74) is 3.00. The normalized spacial score (nSPS) is 10.3. The maximum Gasteiger partial charge on any atom is 0.276 e. The number of aliphatic imine (C=N–C) groups is 1. The van der Waals surface area contributed by atoms with Gasteiger partial charge in [0, 0.05) is 28.8 Å². The van der Waals surface area contributed by atoms with E-state index in [-0.39, 0.29) is 5.56 Å². The van der Waals surface area contributed by atoms with Gasteiger partial charge in [0.15, 0.2) is 0 Å². The number of aromatic nitrogens is 1. The van der Waals surface area contributed by atoms with Crippen molar-refractivity contribution < 1.29 is 0 Å². The first-order valence-corrected chi connectivity index (χ1v) is 8.00. The number of benzene rings is 2. The first-order chi connectivity index (χ1) is 11.1. The Morgan fingerprint density at radius 3 is 2.00 bits per heavy atom. The topological polar surface area (TPSA) is 34.4 Å². The Bertz CT molecular complexity index is 858. The molecule has 4 heteroatoms. The van der Waals surface area contributed by atoms with Gasteiger partial charge in [0.05, 0.1) is 5.71 Å². The predicted molar refractivity (Wildman–Crippen MR) is 97.6 cm³/mol. The second-order valence-corrected chi connectivity index (χ2v) is 6.07. The number of hydrogen-bond acceptors (Lipinski definition) is 2. The van der Waals surface area contributed by atoms with Crippen LogP contribution in [0.4, 0.5) is 5.69 Å². The quantitative estimate of drug-likeness (QED) is 0.635. The number of rotatable bonds is 3. The number of hydrogen-bond donors (Lipinski definition) is 0. The molecule has 0 atom stereocenters. The van der Waals surface area contributed by atoms with Gasteiger partial charge >= 0.3 is 0 Å². The summed E-state index contributed by atoms with van der Waals surface area (Å²) in [5, 5.41) is 0. The van der Waals surface area contributed by atoms with Gasteiger partial charge in [-0.3, -0.25) is 4.79 Å². The third kappa shape index (κ3) is 3.48. The molecule has 0 N–H and O–H groups in total. The highest BCUT2D eigenvalue weighted by Gasteiger charge is 2.09. The molecule has 114 valence electrons. The highest BCUT2D eigenvalue weighted by Crippen LogP contribution is 2.18. The summed E-state index contributed by atoms with van der Waals surface area (Å²) in [6, 6.07) is 21.5. The zero-order valence-corrected chi connectivity index (χ0v) is 14.2. The monoisotopic (exact) mass is 366 g/mol. The minimum absolute atomic E-state index is 0.127. The molecule has 0 fully saturated rings. The lowest BCUT2D eigenvalue weighted by molar-refractivity contribution is 0.856. The van der Waals surface area contributed by atoms with Crippen LogP contribution in [0.3, 0.4) is 0 Å². The van der Waals surface area contributed by atoms with Crippen LogP contribution >= 0.6 is 15.9 Å². The Hall–Kier alpha value is -2.46. The SMILES string of the molecule is Cn1cc(Br)cc(N=C(c2ccccc2)c2ccccc2)c1=O. The molecule has 1 aromatic heterocycles. The summed E-state index contributed by atoms with van der Waals surface area (Å²) in [5.74, 6) is 0. The maximum absolute atomic E-state index is 12.4. The number of nitrogens with zero attached hydrogens (tertiary/aromatic N) is 2. The molecule has 1 heterocycles. The lowest BCUT2D eigenvalue weighted by Gasteiger charge is -2.08. The van der Waals surface area contributed by atoms with Crippen molar-refractivity contribution in [1.29, 1.82) is 0 Å². The molecule has 0 aliphatic heterocycles. The van der Waals surface area contributed by atoms with Crippen LogP contribution in [-0.4, -0.2) is 10.3 Å². The van der Waals surface area contributed by atoms with Crippen molar-refractivity contribution in [2.45, 2.75) is 0 Å². The van der Waals surface area contributed by atoms with E-state index in [0.717, 1.165) is 21.3 Å². The van der Waals surface area contributed by atoms with Gasteiger partial charge in [-0.25, -0.2) is 4.99 Å². The fourth-order valence-corrected chi connectivity index (χ4v) is 2.87. The molecular weight excluding hydrogens is 352 g/mol. The zero-order chi connectivity index (χ0) is 16.2. The second kappa shape index (κ2) is 6.75.